The molecule has 4 rings (SSSR count). The van der Waals surface area contributed by atoms with Crippen molar-refractivity contribution in [1.82, 2.24) is 19.0 Å². The topological polar surface area (TPSA) is 99.3 Å². The summed E-state index contributed by atoms with van der Waals surface area (Å²) in [6.07, 6.45) is 3.26. The molecule has 0 bridgehead atoms. The summed E-state index contributed by atoms with van der Waals surface area (Å²) in [6.45, 7) is 1.61. The Balaban J connectivity index is 1.38. The molecule has 1 aromatic heterocycles. The predicted molar refractivity (Wildman–Crippen MR) is 114 cm³/mol. The Morgan fingerprint density at radius 1 is 1.00 bits per heavy atom. The van der Waals surface area contributed by atoms with Gasteiger partial charge in [0.25, 0.3) is 5.91 Å². The fourth-order valence-electron chi connectivity index (χ4n) is 3.50. The van der Waals surface area contributed by atoms with Crippen LogP contribution < -0.4 is 0 Å². The number of benzene rings is 2. The van der Waals surface area contributed by atoms with Gasteiger partial charge in [0.1, 0.15) is 0 Å². The zero-order valence-electron chi connectivity index (χ0n) is 16.8. The van der Waals surface area contributed by atoms with E-state index in [1.807, 2.05) is 36.4 Å². The van der Waals surface area contributed by atoms with Crippen LogP contribution in [0.5, 0.6) is 0 Å². The van der Waals surface area contributed by atoms with Gasteiger partial charge in [0.2, 0.25) is 10.0 Å². The number of carbonyl (C=O) groups is 1. The third kappa shape index (κ3) is 4.50. The molecule has 0 unspecified atom stereocenters. The number of amides is 1. The van der Waals surface area contributed by atoms with E-state index in [2.05, 4.69) is 5.10 Å². The van der Waals surface area contributed by atoms with Crippen LogP contribution in [0.25, 0.3) is 0 Å². The molecule has 2 aromatic carbocycles. The highest BCUT2D eigenvalue weighted by atomic mass is 32.2. The summed E-state index contributed by atoms with van der Waals surface area (Å²) < 4.78 is 28.8. The fourth-order valence-corrected chi connectivity index (χ4v) is 4.92. The van der Waals surface area contributed by atoms with Crippen molar-refractivity contribution in [1.29, 1.82) is 5.26 Å². The van der Waals surface area contributed by atoms with Crippen molar-refractivity contribution in [3.63, 3.8) is 0 Å². The molecule has 1 amide bonds. The molecular weight excluding hydrogens is 414 g/mol. The van der Waals surface area contributed by atoms with Gasteiger partial charge < -0.3 is 4.90 Å². The molecule has 9 heteroatoms. The van der Waals surface area contributed by atoms with Crippen molar-refractivity contribution in [3.8, 4) is 6.07 Å². The molecule has 1 saturated heterocycles. The standard InChI is InChI=1S/C22H21N5O3S/c23-14-18-6-8-21(9-7-18)31(29,30)27-12-10-25(11-13-27)22(28)20-15-24-26(17-20)16-19-4-2-1-3-5-19/h1-9,15,17H,10-13,16H2. The lowest BCUT2D eigenvalue weighted by atomic mass is 10.2. The van der Waals surface area contributed by atoms with E-state index in [1.165, 1.54) is 28.6 Å². The molecule has 0 spiro atoms. The third-order valence-electron chi connectivity index (χ3n) is 5.21. The van der Waals surface area contributed by atoms with Gasteiger partial charge in [-0.05, 0) is 29.8 Å². The quantitative estimate of drug-likeness (QED) is 0.610. The van der Waals surface area contributed by atoms with Crippen molar-refractivity contribution in [2.24, 2.45) is 0 Å². The highest BCUT2D eigenvalue weighted by molar-refractivity contribution is 7.89. The van der Waals surface area contributed by atoms with Gasteiger partial charge in [-0.15, -0.1) is 0 Å². The molecule has 1 fully saturated rings. The van der Waals surface area contributed by atoms with E-state index in [4.69, 9.17) is 5.26 Å². The minimum absolute atomic E-state index is 0.147. The second-order valence-corrected chi connectivity index (χ2v) is 9.18. The smallest absolute Gasteiger partial charge is 0.257 e. The first-order chi connectivity index (χ1) is 15.0. The van der Waals surface area contributed by atoms with Crippen LogP contribution in [0.4, 0.5) is 0 Å². The van der Waals surface area contributed by atoms with E-state index in [1.54, 1.807) is 22.0 Å². The van der Waals surface area contributed by atoms with Gasteiger partial charge in [-0.1, -0.05) is 30.3 Å². The lowest BCUT2D eigenvalue weighted by molar-refractivity contribution is 0.0698. The number of carbonyl (C=O) groups excluding carboxylic acids is 1. The highest BCUT2D eigenvalue weighted by Gasteiger charge is 2.30. The molecule has 31 heavy (non-hydrogen) atoms. The third-order valence-corrected chi connectivity index (χ3v) is 7.13. The lowest BCUT2D eigenvalue weighted by Gasteiger charge is -2.33. The Hall–Kier alpha value is -3.48. The summed E-state index contributed by atoms with van der Waals surface area (Å²) in [5, 5.41) is 13.2. The van der Waals surface area contributed by atoms with Gasteiger partial charge in [0.05, 0.1) is 34.8 Å². The molecule has 0 N–H and O–H groups in total. The second-order valence-electron chi connectivity index (χ2n) is 7.24. The summed E-state index contributed by atoms with van der Waals surface area (Å²) >= 11 is 0. The van der Waals surface area contributed by atoms with Crippen LogP contribution in [0, 0.1) is 11.3 Å². The predicted octanol–water partition coefficient (Wildman–Crippen LogP) is 1.95. The largest absolute Gasteiger partial charge is 0.336 e. The molecule has 0 saturated carbocycles. The molecule has 3 aromatic rings. The van der Waals surface area contributed by atoms with Crippen LogP contribution in [0.15, 0.2) is 71.9 Å². The summed E-state index contributed by atoms with van der Waals surface area (Å²) in [4.78, 5) is 14.6. The van der Waals surface area contributed by atoms with Gasteiger partial charge in [-0.25, -0.2) is 8.42 Å². The number of hydrogen-bond acceptors (Lipinski definition) is 5. The van der Waals surface area contributed by atoms with E-state index in [0.717, 1.165) is 5.56 Å². The lowest BCUT2D eigenvalue weighted by Crippen LogP contribution is -2.50. The molecule has 1 aliphatic rings. The van der Waals surface area contributed by atoms with Crippen molar-refractivity contribution in [3.05, 3.63) is 83.7 Å². The van der Waals surface area contributed by atoms with Gasteiger partial charge in [0.15, 0.2) is 0 Å². The Morgan fingerprint density at radius 3 is 2.32 bits per heavy atom. The van der Waals surface area contributed by atoms with Crippen LogP contribution >= 0.6 is 0 Å². The number of sulfonamides is 1. The Morgan fingerprint density at radius 2 is 1.68 bits per heavy atom. The normalized spacial score (nSPS) is 14.9. The van der Waals surface area contributed by atoms with Crippen LogP contribution in [0.2, 0.25) is 0 Å². The van der Waals surface area contributed by atoms with E-state index in [9.17, 15) is 13.2 Å². The summed E-state index contributed by atoms with van der Waals surface area (Å²) in [5.41, 5.74) is 1.98. The maximum atomic E-state index is 12.8. The van der Waals surface area contributed by atoms with E-state index in [0.29, 0.717) is 30.8 Å². The zero-order chi connectivity index (χ0) is 21.8. The summed E-state index contributed by atoms with van der Waals surface area (Å²) in [7, 11) is -3.66. The Bertz CT molecular complexity index is 1210. The molecular formula is C22H21N5O3S. The first-order valence-electron chi connectivity index (χ1n) is 9.83. The minimum Gasteiger partial charge on any atom is -0.336 e. The molecule has 158 valence electrons. The minimum atomic E-state index is -3.66. The monoisotopic (exact) mass is 435 g/mol. The Kier molecular flexibility index (Phi) is 5.84. The number of nitriles is 1. The fraction of sp³-hybridized carbons (Fsp3) is 0.227. The number of nitrogens with zero attached hydrogens (tertiary/aromatic N) is 5. The summed E-state index contributed by atoms with van der Waals surface area (Å²) in [5.74, 6) is -0.158. The van der Waals surface area contributed by atoms with Crippen molar-refractivity contribution >= 4 is 15.9 Å². The first-order valence-corrected chi connectivity index (χ1v) is 11.3. The van der Waals surface area contributed by atoms with Crippen LogP contribution in [-0.4, -0.2) is 59.5 Å². The maximum absolute atomic E-state index is 12.8. The molecule has 0 aliphatic carbocycles. The van der Waals surface area contributed by atoms with E-state index in [-0.39, 0.29) is 23.9 Å². The van der Waals surface area contributed by atoms with E-state index < -0.39 is 10.0 Å². The molecule has 2 heterocycles. The van der Waals surface area contributed by atoms with Gasteiger partial charge >= 0.3 is 0 Å². The highest BCUT2D eigenvalue weighted by Crippen LogP contribution is 2.19. The van der Waals surface area contributed by atoms with Gasteiger partial charge in [0, 0.05) is 32.4 Å². The van der Waals surface area contributed by atoms with Crippen molar-refractivity contribution in [2.75, 3.05) is 26.2 Å². The number of rotatable bonds is 5. The molecule has 0 atom stereocenters. The molecule has 8 nitrogen and oxygen atoms in total. The molecule has 1 aliphatic heterocycles. The average Bonchev–Trinajstić information content (AvgIpc) is 3.28. The molecule has 0 radical (unpaired) electrons. The van der Waals surface area contributed by atoms with Crippen LogP contribution in [-0.2, 0) is 16.6 Å². The van der Waals surface area contributed by atoms with E-state index >= 15 is 0 Å². The SMILES string of the molecule is N#Cc1ccc(S(=O)(=O)N2CCN(C(=O)c3cnn(Cc4ccccc4)c3)CC2)cc1. The average molecular weight is 436 g/mol. The first kappa shape index (κ1) is 20.8. The van der Waals surface area contributed by atoms with Gasteiger partial charge in [-0.3, -0.25) is 9.48 Å². The van der Waals surface area contributed by atoms with Gasteiger partial charge in [-0.2, -0.15) is 14.7 Å². The Labute approximate surface area is 181 Å². The summed E-state index contributed by atoms with van der Waals surface area (Å²) in [6, 6.07) is 17.7. The van der Waals surface area contributed by atoms with Crippen molar-refractivity contribution in [2.45, 2.75) is 11.4 Å². The van der Waals surface area contributed by atoms with Crippen LogP contribution in [0.1, 0.15) is 21.5 Å². The second kappa shape index (κ2) is 8.71. The zero-order valence-corrected chi connectivity index (χ0v) is 17.6. The van der Waals surface area contributed by atoms with Crippen LogP contribution in [0.3, 0.4) is 0 Å². The maximum Gasteiger partial charge on any atom is 0.257 e. The number of piperazine rings is 1. The number of hydrogen-bond donors (Lipinski definition) is 0. The number of aromatic nitrogens is 2. The van der Waals surface area contributed by atoms with Crippen molar-refractivity contribution < 1.29 is 13.2 Å².